The molecule has 2 aromatic carbocycles. The van der Waals surface area contributed by atoms with E-state index < -0.39 is 10.0 Å². The smallest absolute Gasteiger partial charge is 0.243 e. The van der Waals surface area contributed by atoms with Gasteiger partial charge in [0.15, 0.2) is 11.5 Å². The Hall–Kier alpha value is -2.98. The molecule has 0 unspecified atom stereocenters. The van der Waals surface area contributed by atoms with Crippen molar-refractivity contribution < 1.29 is 27.4 Å². The van der Waals surface area contributed by atoms with Crippen LogP contribution in [-0.4, -0.2) is 60.6 Å². The summed E-state index contributed by atoms with van der Waals surface area (Å²) in [4.78, 5) is 12.7. The van der Waals surface area contributed by atoms with Crippen LogP contribution in [0.25, 0.3) is 0 Å². The Morgan fingerprint density at radius 2 is 1.55 bits per heavy atom. The number of hydrogen-bond donors (Lipinski definition) is 2. The molecule has 0 aromatic heterocycles. The van der Waals surface area contributed by atoms with Crippen molar-refractivity contribution in [1.29, 1.82) is 0 Å². The van der Waals surface area contributed by atoms with Gasteiger partial charge in [0.25, 0.3) is 0 Å². The van der Waals surface area contributed by atoms with Crippen LogP contribution in [0.2, 0.25) is 0 Å². The number of aryl methyl sites for hydroxylation is 1. The number of nitrogens with one attached hydrogen (secondary N) is 2. The molecule has 0 bridgehead atoms. The van der Waals surface area contributed by atoms with Gasteiger partial charge in [-0.05, 0) is 37.1 Å². The molecule has 0 aliphatic rings. The molecule has 0 radical (unpaired) electrons. The molecule has 0 saturated carbocycles. The van der Waals surface area contributed by atoms with Crippen molar-refractivity contribution in [1.82, 2.24) is 4.31 Å². The van der Waals surface area contributed by atoms with Gasteiger partial charge in [-0.3, -0.25) is 4.79 Å². The standard InChI is InChI=1S/C21H29N3O6S/c1-13-8-16(31(26,27)24(3)4)11-17(14(13)2)22-12-20(25)23-15-9-18(28-5)21(30-7)19(10-15)29-6/h8-11,22H,12H2,1-7H3,(H,23,25). The number of rotatable bonds is 9. The number of amides is 1. The van der Waals surface area contributed by atoms with E-state index in [4.69, 9.17) is 14.2 Å². The van der Waals surface area contributed by atoms with Gasteiger partial charge >= 0.3 is 0 Å². The molecule has 2 rings (SSSR count). The fraction of sp³-hybridized carbons (Fsp3) is 0.381. The molecule has 170 valence electrons. The molecule has 1 amide bonds. The molecule has 0 aliphatic heterocycles. The Morgan fingerprint density at radius 3 is 2.03 bits per heavy atom. The first-order chi connectivity index (χ1) is 14.5. The molecule has 2 aromatic rings. The summed E-state index contributed by atoms with van der Waals surface area (Å²) in [5.74, 6) is 0.926. The normalized spacial score (nSPS) is 11.2. The Kier molecular flexibility index (Phi) is 7.75. The Balaban J connectivity index is 2.21. The summed E-state index contributed by atoms with van der Waals surface area (Å²) in [7, 11) is 3.83. The lowest BCUT2D eigenvalue weighted by atomic mass is 10.1. The van der Waals surface area contributed by atoms with E-state index >= 15 is 0 Å². The third-order valence-corrected chi connectivity index (χ3v) is 6.60. The fourth-order valence-corrected chi connectivity index (χ4v) is 3.92. The van der Waals surface area contributed by atoms with E-state index in [9.17, 15) is 13.2 Å². The third kappa shape index (κ3) is 5.39. The predicted molar refractivity (Wildman–Crippen MR) is 120 cm³/mol. The van der Waals surface area contributed by atoms with Gasteiger partial charge in [-0.2, -0.15) is 0 Å². The number of sulfonamides is 1. The highest BCUT2D eigenvalue weighted by Gasteiger charge is 2.20. The van der Waals surface area contributed by atoms with Crippen LogP contribution in [0.15, 0.2) is 29.2 Å². The van der Waals surface area contributed by atoms with Gasteiger partial charge in [0.1, 0.15) is 0 Å². The molecular formula is C21H29N3O6S. The molecule has 0 fully saturated rings. The maximum Gasteiger partial charge on any atom is 0.243 e. The summed E-state index contributed by atoms with van der Waals surface area (Å²) < 4.78 is 42.0. The van der Waals surface area contributed by atoms with Gasteiger partial charge in [0.2, 0.25) is 21.7 Å². The number of carbonyl (C=O) groups excluding carboxylic acids is 1. The van der Waals surface area contributed by atoms with Crippen LogP contribution in [0.4, 0.5) is 11.4 Å². The predicted octanol–water partition coefficient (Wildman–Crippen LogP) is 2.63. The highest BCUT2D eigenvalue weighted by Crippen LogP contribution is 2.39. The first-order valence-corrected chi connectivity index (χ1v) is 10.9. The van der Waals surface area contributed by atoms with Crippen LogP contribution in [0.5, 0.6) is 17.2 Å². The van der Waals surface area contributed by atoms with E-state index in [0.29, 0.717) is 28.6 Å². The minimum atomic E-state index is -3.59. The van der Waals surface area contributed by atoms with Crippen molar-refractivity contribution in [2.24, 2.45) is 0 Å². The van der Waals surface area contributed by atoms with Gasteiger partial charge in [0, 0.05) is 37.6 Å². The van der Waals surface area contributed by atoms with Crippen molar-refractivity contribution in [2.75, 3.05) is 52.6 Å². The first kappa shape index (κ1) is 24.3. The molecule has 9 nitrogen and oxygen atoms in total. The summed E-state index contributed by atoms with van der Waals surface area (Å²) in [6.07, 6.45) is 0. The van der Waals surface area contributed by atoms with Gasteiger partial charge < -0.3 is 24.8 Å². The van der Waals surface area contributed by atoms with Crippen LogP contribution in [0.1, 0.15) is 11.1 Å². The summed E-state index contributed by atoms with van der Waals surface area (Å²) in [6, 6.07) is 6.40. The van der Waals surface area contributed by atoms with Gasteiger partial charge in [-0.25, -0.2) is 12.7 Å². The van der Waals surface area contributed by atoms with Gasteiger partial charge in [-0.15, -0.1) is 0 Å². The Labute approximate surface area is 183 Å². The average Bonchev–Trinajstić information content (AvgIpc) is 2.73. The molecular weight excluding hydrogens is 422 g/mol. The minimum absolute atomic E-state index is 0.0671. The van der Waals surface area contributed by atoms with E-state index in [1.807, 2.05) is 13.8 Å². The third-order valence-electron chi connectivity index (χ3n) is 4.81. The number of methoxy groups -OCH3 is 3. The molecule has 31 heavy (non-hydrogen) atoms. The largest absolute Gasteiger partial charge is 0.493 e. The summed E-state index contributed by atoms with van der Waals surface area (Å²) in [5.41, 5.74) is 2.70. The number of benzene rings is 2. The lowest BCUT2D eigenvalue weighted by Crippen LogP contribution is -2.24. The molecule has 0 atom stereocenters. The number of carbonyl (C=O) groups is 1. The van der Waals surface area contributed by atoms with E-state index in [0.717, 1.165) is 15.4 Å². The van der Waals surface area contributed by atoms with Gasteiger partial charge in [-0.1, -0.05) is 0 Å². The van der Waals surface area contributed by atoms with Gasteiger partial charge in [0.05, 0.1) is 32.8 Å². The van der Waals surface area contributed by atoms with Crippen LogP contribution in [0.3, 0.4) is 0 Å². The molecule has 0 aliphatic carbocycles. The van der Waals surface area contributed by atoms with Crippen molar-refractivity contribution in [3.63, 3.8) is 0 Å². The van der Waals surface area contributed by atoms with Crippen molar-refractivity contribution in [3.8, 4) is 17.2 Å². The molecule has 10 heteroatoms. The van der Waals surface area contributed by atoms with Crippen molar-refractivity contribution in [2.45, 2.75) is 18.7 Å². The molecule has 0 spiro atoms. The van der Waals surface area contributed by atoms with Crippen molar-refractivity contribution in [3.05, 3.63) is 35.4 Å². The Bertz CT molecular complexity index is 1040. The lowest BCUT2D eigenvalue weighted by Gasteiger charge is -2.17. The van der Waals surface area contributed by atoms with Crippen molar-refractivity contribution >= 4 is 27.3 Å². The van der Waals surface area contributed by atoms with Crippen LogP contribution in [0, 0.1) is 13.8 Å². The van der Waals surface area contributed by atoms with E-state index in [1.54, 1.807) is 18.2 Å². The zero-order chi connectivity index (χ0) is 23.3. The quantitative estimate of drug-likeness (QED) is 0.604. The number of nitrogens with zero attached hydrogens (tertiary/aromatic N) is 1. The van der Waals surface area contributed by atoms with Crippen LogP contribution < -0.4 is 24.8 Å². The monoisotopic (exact) mass is 451 g/mol. The zero-order valence-corrected chi connectivity index (χ0v) is 19.6. The maximum atomic E-state index is 12.5. The van der Waals surface area contributed by atoms with E-state index in [1.165, 1.54) is 41.5 Å². The highest BCUT2D eigenvalue weighted by molar-refractivity contribution is 7.89. The molecule has 0 heterocycles. The number of ether oxygens (including phenoxy) is 3. The Morgan fingerprint density at radius 1 is 0.968 bits per heavy atom. The van der Waals surface area contributed by atoms with E-state index in [2.05, 4.69) is 10.6 Å². The summed E-state index contributed by atoms with van der Waals surface area (Å²) in [6.45, 7) is 3.62. The SMILES string of the molecule is COc1cc(NC(=O)CNc2cc(S(=O)(=O)N(C)C)cc(C)c2C)cc(OC)c1OC. The number of anilines is 2. The van der Waals surface area contributed by atoms with E-state index in [-0.39, 0.29) is 17.3 Å². The summed E-state index contributed by atoms with van der Waals surface area (Å²) >= 11 is 0. The second kappa shape index (κ2) is 9.88. The highest BCUT2D eigenvalue weighted by atomic mass is 32.2. The maximum absolute atomic E-state index is 12.5. The second-order valence-corrected chi connectivity index (χ2v) is 9.17. The lowest BCUT2D eigenvalue weighted by molar-refractivity contribution is -0.114. The van der Waals surface area contributed by atoms with Crippen LogP contribution in [-0.2, 0) is 14.8 Å². The zero-order valence-electron chi connectivity index (χ0n) is 18.8. The summed E-state index contributed by atoms with van der Waals surface area (Å²) in [5, 5.41) is 5.79. The number of hydrogen-bond acceptors (Lipinski definition) is 7. The fourth-order valence-electron chi connectivity index (χ4n) is 2.90. The molecule has 0 saturated heterocycles. The molecule has 2 N–H and O–H groups in total. The van der Waals surface area contributed by atoms with Crippen LogP contribution >= 0.6 is 0 Å². The topological polar surface area (TPSA) is 106 Å². The second-order valence-electron chi connectivity index (χ2n) is 7.02. The minimum Gasteiger partial charge on any atom is -0.493 e. The average molecular weight is 452 g/mol. The first-order valence-electron chi connectivity index (χ1n) is 9.42.